The second kappa shape index (κ2) is 17.2. The van der Waals surface area contributed by atoms with Gasteiger partial charge in [0.15, 0.2) is 6.10 Å². The Kier molecular flexibility index (Phi) is 12.6. The SMILES string of the molecule is CCOC(=O)C(F)(F)C1O[C@H](COCc2ccccc2)[C@@H](OCc2ccccc2)[C@H](OCc2ccccc2)[C@H]1OCc1ccccc1. The van der Waals surface area contributed by atoms with Gasteiger partial charge in [0, 0.05) is 0 Å². The lowest BCUT2D eigenvalue weighted by Gasteiger charge is -2.47. The second-order valence-corrected chi connectivity index (χ2v) is 11.2. The van der Waals surface area contributed by atoms with Crippen molar-refractivity contribution in [3.05, 3.63) is 144 Å². The number of hydrogen-bond donors (Lipinski definition) is 0. The van der Waals surface area contributed by atoms with Crippen LogP contribution in [0.25, 0.3) is 0 Å². The highest BCUT2D eigenvalue weighted by molar-refractivity contribution is 5.78. The molecule has 0 amide bonds. The minimum Gasteiger partial charge on any atom is -0.461 e. The molecule has 5 rings (SSSR count). The topological polar surface area (TPSA) is 72.5 Å². The summed E-state index contributed by atoms with van der Waals surface area (Å²) >= 11 is 0. The molecule has 4 aromatic carbocycles. The van der Waals surface area contributed by atoms with Crippen molar-refractivity contribution in [1.82, 2.24) is 0 Å². The van der Waals surface area contributed by atoms with Gasteiger partial charge in [0.2, 0.25) is 0 Å². The molecule has 1 unspecified atom stereocenters. The Bertz CT molecular complexity index is 1480. The van der Waals surface area contributed by atoms with E-state index in [1.807, 2.05) is 121 Å². The Hall–Kier alpha value is -3.99. The van der Waals surface area contributed by atoms with Crippen LogP contribution in [0.3, 0.4) is 0 Å². The van der Waals surface area contributed by atoms with Crippen LogP contribution in [0.5, 0.6) is 0 Å². The monoisotopic (exact) mass is 646 g/mol. The molecule has 0 aliphatic carbocycles. The quantitative estimate of drug-likeness (QED) is 0.122. The Balaban J connectivity index is 1.50. The van der Waals surface area contributed by atoms with Crippen LogP contribution in [-0.2, 0) is 59.6 Å². The smallest absolute Gasteiger partial charge is 0.379 e. The highest BCUT2D eigenvalue weighted by Gasteiger charge is 2.61. The molecule has 1 heterocycles. The molecule has 0 aromatic heterocycles. The van der Waals surface area contributed by atoms with E-state index in [-0.39, 0.29) is 39.6 Å². The number of esters is 1. The van der Waals surface area contributed by atoms with Crippen LogP contribution in [0.15, 0.2) is 121 Å². The first-order chi connectivity index (χ1) is 23.0. The van der Waals surface area contributed by atoms with Crippen LogP contribution in [0, 0.1) is 0 Å². The Morgan fingerprint density at radius 3 is 1.47 bits per heavy atom. The second-order valence-electron chi connectivity index (χ2n) is 11.2. The van der Waals surface area contributed by atoms with Crippen molar-refractivity contribution in [1.29, 1.82) is 0 Å². The van der Waals surface area contributed by atoms with Crippen LogP contribution < -0.4 is 0 Å². The molecule has 1 aliphatic rings. The average molecular weight is 647 g/mol. The molecule has 0 bridgehead atoms. The highest BCUT2D eigenvalue weighted by atomic mass is 19.3. The fourth-order valence-electron chi connectivity index (χ4n) is 5.42. The molecule has 248 valence electrons. The summed E-state index contributed by atoms with van der Waals surface area (Å²) in [4.78, 5) is 12.8. The molecule has 4 aromatic rings. The van der Waals surface area contributed by atoms with Crippen molar-refractivity contribution in [3.8, 4) is 0 Å². The lowest BCUT2D eigenvalue weighted by molar-refractivity contribution is -0.307. The molecule has 0 radical (unpaired) electrons. The molecule has 9 heteroatoms. The third-order valence-corrected chi connectivity index (χ3v) is 7.79. The van der Waals surface area contributed by atoms with Gasteiger partial charge >= 0.3 is 11.9 Å². The molecule has 1 aliphatic heterocycles. The molecular formula is C38H40F2O7. The van der Waals surface area contributed by atoms with Crippen molar-refractivity contribution < 1.29 is 42.0 Å². The number of carbonyl (C=O) groups is 1. The number of rotatable bonds is 16. The first-order valence-electron chi connectivity index (χ1n) is 15.7. The summed E-state index contributed by atoms with van der Waals surface area (Å²) in [5.41, 5.74) is 3.36. The van der Waals surface area contributed by atoms with Gasteiger partial charge in [-0.1, -0.05) is 121 Å². The van der Waals surface area contributed by atoms with Crippen molar-refractivity contribution in [2.75, 3.05) is 13.2 Å². The van der Waals surface area contributed by atoms with E-state index >= 15 is 8.78 Å². The summed E-state index contributed by atoms with van der Waals surface area (Å²) in [7, 11) is 0. The zero-order chi connectivity index (χ0) is 32.9. The molecular weight excluding hydrogens is 606 g/mol. The summed E-state index contributed by atoms with van der Waals surface area (Å²) < 4.78 is 68.4. The zero-order valence-corrected chi connectivity index (χ0v) is 26.3. The van der Waals surface area contributed by atoms with Gasteiger partial charge in [0.1, 0.15) is 24.4 Å². The summed E-state index contributed by atoms with van der Waals surface area (Å²) in [5.74, 6) is -5.78. The number of hydrogen-bond acceptors (Lipinski definition) is 7. The number of halogens is 2. The van der Waals surface area contributed by atoms with E-state index in [0.29, 0.717) is 0 Å². The van der Waals surface area contributed by atoms with Gasteiger partial charge in [-0.25, -0.2) is 4.79 Å². The molecule has 47 heavy (non-hydrogen) atoms. The molecule has 0 saturated carbocycles. The molecule has 0 N–H and O–H groups in total. The molecule has 1 fully saturated rings. The van der Waals surface area contributed by atoms with E-state index in [9.17, 15) is 4.79 Å². The van der Waals surface area contributed by atoms with Gasteiger partial charge < -0.3 is 28.4 Å². The summed E-state index contributed by atoms with van der Waals surface area (Å²) in [5, 5.41) is 0. The minimum absolute atomic E-state index is 0.0317. The first-order valence-corrected chi connectivity index (χ1v) is 15.7. The maximum atomic E-state index is 16.1. The van der Waals surface area contributed by atoms with E-state index in [4.69, 9.17) is 28.4 Å². The lowest BCUT2D eigenvalue weighted by atomic mass is 9.90. The van der Waals surface area contributed by atoms with Crippen LogP contribution in [-0.4, -0.2) is 55.6 Å². The standard InChI is InChI=1S/C38H40F2O7/c1-2-43-37(41)38(39,40)36-35(46-26-31-21-13-6-14-22-31)34(45-25-30-19-11-5-12-20-30)33(44-24-29-17-9-4-10-18-29)32(47-36)27-42-23-28-15-7-3-8-16-28/h3-22,32-36H,2,23-27H2,1H3/t32-,33-,34+,35-,36?/m1/s1. The summed E-state index contributed by atoms with van der Waals surface area (Å²) in [6.07, 6.45) is -6.54. The van der Waals surface area contributed by atoms with Crippen molar-refractivity contribution >= 4 is 5.97 Å². The van der Waals surface area contributed by atoms with Gasteiger partial charge in [0.25, 0.3) is 0 Å². The third kappa shape index (κ3) is 9.53. The number of alkyl halides is 2. The van der Waals surface area contributed by atoms with Gasteiger partial charge in [-0.3, -0.25) is 0 Å². The molecule has 0 spiro atoms. The van der Waals surface area contributed by atoms with Crippen molar-refractivity contribution in [2.24, 2.45) is 0 Å². The third-order valence-electron chi connectivity index (χ3n) is 7.79. The largest absolute Gasteiger partial charge is 0.461 e. The van der Waals surface area contributed by atoms with Crippen molar-refractivity contribution in [3.63, 3.8) is 0 Å². The van der Waals surface area contributed by atoms with Gasteiger partial charge in [-0.05, 0) is 29.2 Å². The van der Waals surface area contributed by atoms with E-state index in [1.54, 1.807) is 0 Å². The van der Waals surface area contributed by atoms with Gasteiger partial charge in [0.05, 0.1) is 39.6 Å². The Labute approximate surface area is 274 Å². The van der Waals surface area contributed by atoms with Gasteiger partial charge in [-0.15, -0.1) is 0 Å². The lowest BCUT2D eigenvalue weighted by Crippen LogP contribution is -2.66. The number of carbonyl (C=O) groups excluding carboxylic acids is 1. The molecule has 1 saturated heterocycles. The van der Waals surface area contributed by atoms with Crippen LogP contribution in [0.2, 0.25) is 0 Å². The number of ether oxygens (including phenoxy) is 6. The van der Waals surface area contributed by atoms with E-state index in [0.717, 1.165) is 22.3 Å². The summed E-state index contributed by atoms with van der Waals surface area (Å²) in [6.45, 7) is 1.55. The summed E-state index contributed by atoms with van der Waals surface area (Å²) in [6, 6.07) is 37.5. The van der Waals surface area contributed by atoms with Gasteiger partial charge in [-0.2, -0.15) is 8.78 Å². The molecule has 5 atom stereocenters. The predicted octanol–water partition coefficient (Wildman–Crippen LogP) is 6.93. The normalized spacial score (nSPS) is 21.3. The van der Waals surface area contributed by atoms with Crippen LogP contribution >= 0.6 is 0 Å². The van der Waals surface area contributed by atoms with Crippen molar-refractivity contribution in [2.45, 2.75) is 69.8 Å². The Morgan fingerprint density at radius 1 is 0.617 bits per heavy atom. The number of benzene rings is 4. The minimum atomic E-state index is -4.08. The van der Waals surface area contributed by atoms with E-state index in [1.165, 1.54) is 6.92 Å². The van der Waals surface area contributed by atoms with E-state index < -0.39 is 42.4 Å². The Morgan fingerprint density at radius 2 is 1.02 bits per heavy atom. The van der Waals surface area contributed by atoms with E-state index in [2.05, 4.69) is 0 Å². The average Bonchev–Trinajstić information content (AvgIpc) is 3.11. The zero-order valence-electron chi connectivity index (χ0n) is 26.3. The fourth-order valence-corrected chi connectivity index (χ4v) is 5.42. The van der Waals surface area contributed by atoms with Crippen LogP contribution in [0.1, 0.15) is 29.2 Å². The highest BCUT2D eigenvalue weighted by Crippen LogP contribution is 2.38. The maximum absolute atomic E-state index is 16.1. The molecule has 7 nitrogen and oxygen atoms in total. The maximum Gasteiger partial charge on any atom is 0.379 e. The fraction of sp³-hybridized carbons (Fsp3) is 0.342. The van der Waals surface area contributed by atoms with Crippen LogP contribution in [0.4, 0.5) is 8.78 Å². The predicted molar refractivity (Wildman–Crippen MR) is 171 cm³/mol. The first kappa shape index (κ1) is 34.3.